The van der Waals surface area contributed by atoms with Crippen LogP contribution in [0.1, 0.15) is 102 Å². The van der Waals surface area contributed by atoms with Gasteiger partial charge in [0.15, 0.2) is 0 Å². The Morgan fingerprint density at radius 2 is 1.57 bits per heavy atom. The number of hydrogen-bond acceptors (Lipinski definition) is 5. The number of phenolic OH excluding ortho intramolecular Hbond substituents is 1. The second kappa shape index (κ2) is 12.2. The van der Waals surface area contributed by atoms with Gasteiger partial charge in [0.05, 0.1) is 12.2 Å². The molecule has 0 aliphatic heterocycles. The van der Waals surface area contributed by atoms with Gasteiger partial charge in [0, 0.05) is 22.5 Å². The number of esters is 1. The van der Waals surface area contributed by atoms with Crippen LogP contribution >= 0.6 is 0 Å². The summed E-state index contributed by atoms with van der Waals surface area (Å²) in [4.78, 5) is 13.2. The fourth-order valence-corrected chi connectivity index (χ4v) is 6.07. The van der Waals surface area contributed by atoms with Crippen molar-refractivity contribution in [3.05, 3.63) is 94.6 Å². The molecule has 0 saturated carbocycles. The minimum Gasteiger partial charge on any atom is -0.505 e. The third-order valence-electron chi connectivity index (χ3n) is 8.43. The Morgan fingerprint density at radius 1 is 0.913 bits per heavy atom. The molecule has 1 N–H and O–H groups in total. The van der Waals surface area contributed by atoms with Gasteiger partial charge in [0.2, 0.25) is 0 Å². The third kappa shape index (κ3) is 7.45. The van der Waals surface area contributed by atoms with Crippen LogP contribution in [0.25, 0.3) is 16.7 Å². The molecule has 0 spiro atoms. The highest BCUT2D eigenvalue weighted by Gasteiger charge is 2.35. The van der Waals surface area contributed by atoms with E-state index >= 15 is 0 Å². The zero-order valence-corrected chi connectivity index (χ0v) is 28.1. The van der Waals surface area contributed by atoms with Crippen molar-refractivity contribution in [2.24, 2.45) is 5.41 Å². The first-order valence-electron chi connectivity index (χ1n) is 15.4. The molecule has 46 heavy (non-hydrogen) atoms. The Morgan fingerprint density at radius 3 is 2.17 bits per heavy atom. The Balaban J connectivity index is 1.87. The van der Waals surface area contributed by atoms with Crippen LogP contribution in [-0.4, -0.2) is 32.7 Å². The highest BCUT2D eigenvalue weighted by atomic mass is 19.4. The van der Waals surface area contributed by atoms with Gasteiger partial charge in [0.25, 0.3) is 0 Å². The quantitative estimate of drug-likeness (QED) is 0.146. The molecular weight excluding hydrogens is 591 g/mol. The summed E-state index contributed by atoms with van der Waals surface area (Å²) in [6.45, 7) is 22.2. The maximum absolute atomic E-state index is 13.4. The highest BCUT2D eigenvalue weighted by Crippen LogP contribution is 2.45. The molecule has 1 heterocycles. The van der Waals surface area contributed by atoms with Crippen molar-refractivity contribution in [2.75, 3.05) is 6.61 Å². The van der Waals surface area contributed by atoms with Crippen molar-refractivity contribution in [3.63, 3.8) is 0 Å². The summed E-state index contributed by atoms with van der Waals surface area (Å²) in [7, 11) is 0. The lowest BCUT2D eigenvalue weighted by atomic mass is 9.70. The van der Waals surface area contributed by atoms with E-state index in [0.717, 1.165) is 35.2 Å². The summed E-state index contributed by atoms with van der Waals surface area (Å²) in [5.74, 6) is -0.599. The lowest BCUT2D eigenvalue weighted by Gasteiger charge is -2.35. The number of aromatic nitrogens is 3. The van der Waals surface area contributed by atoms with E-state index in [9.17, 15) is 23.1 Å². The van der Waals surface area contributed by atoms with Crippen molar-refractivity contribution >= 4 is 17.0 Å². The van der Waals surface area contributed by atoms with Crippen LogP contribution in [-0.2, 0) is 26.5 Å². The molecular formula is C37H44F3N3O3. The maximum atomic E-state index is 13.4. The molecule has 1 aromatic heterocycles. The monoisotopic (exact) mass is 635 g/mol. The van der Waals surface area contributed by atoms with E-state index in [1.807, 2.05) is 57.2 Å². The van der Waals surface area contributed by atoms with Crippen LogP contribution in [0.5, 0.6) is 5.75 Å². The summed E-state index contributed by atoms with van der Waals surface area (Å²) in [6.07, 6.45) is -3.70. The van der Waals surface area contributed by atoms with Crippen LogP contribution in [0.3, 0.4) is 0 Å². The molecule has 0 saturated heterocycles. The van der Waals surface area contributed by atoms with Crippen molar-refractivity contribution < 1.29 is 27.8 Å². The molecule has 6 nitrogen and oxygen atoms in total. The second-order valence-corrected chi connectivity index (χ2v) is 14.7. The summed E-state index contributed by atoms with van der Waals surface area (Å²) in [5.41, 5.74) is 2.51. The summed E-state index contributed by atoms with van der Waals surface area (Å²) in [5, 5.41) is 20.8. The number of fused-ring (bicyclic) bond motifs is 1. The molecule has 0 bridgehead atoms. The van der Waals surface area contributed by atoms with Gasteiger partial charge in [-0.3, -0.25) is 0 Å². The smallest absolute Gasteiger partial charge is 0.416 e. The summed E-state index contributed by atoms with van der Waals surface area (Å²) >= 11 is 0. The van der Waals surface area contributed by atoms with Crippen molar-refractivity contribution in [2.45, 2.75) is 91.7 Å². The molecule has 3 aromatic carbocycles. The number of nitrogens with zero attached hydrogens (tertiary/aromatic N) is 3. The fraction of sp³-hybridized carbons (Fsp3) is 0.432. The zero-order valence-electron chi connectivity index (χ0n) is 28.1. The zero-order chi connectivity index (χ0) is 34.4. The molecule has 4 aromatic rings. The van der Waals surface area contributed by atoms with E-state index in [1.54, 1.807) is 6.92 Å². The van der Waals surface area contributed by atoms with Crippen molar-refractivity contribution in [1.29, 1.82) is 0 Å². The van der Waals surface area contributed by atoms with Crippen LogP contribution in [0.2, 0.25) is 0 Å². The molecule has 0 aliphatic carbocycles. The Kier molecular flexibility index (Phi) is 9.23. The largest absolute Gasteiger partial charge is 0.505 e. The fourth-order valence-electron chi connectivity index (χ4n) is 6.07. The molecule has 0 amide bonds. The van der Waals surface area contributed by atoms with Gasteiger partial charge in [0.1, 0.15) is 22.5 Å². The number of phenols is 1. The molecule has 1 atom stereocenters. The Hall–Kier alpha value is -4.14. The van der Waals surface area contributed by atoms with Gasteiger partial charge >= 0.3 is 12.1 Å². The van der Waals surface area contributed by atoms with Gasteiger partial charge in [-0.25, -0.2) is 4.79 Å². The topological polar surface area (TPSA) is 77.2 Å². The second-order valence-electron chi connectivity index (χ2n) is 14.7. The SMILES string of the molecule is C=C(C)C(=O)OCC(C)c1cccc(C(C)(C)c2cc(C(C)(C)CC(C)(C)C)cc(-n3nc4ccc(C(F)(F)F)cc4n3)c2O)c1. The Labute approximate surface area is 269 Å². The van der Waals surface area contributed by atoms with Crippen LogP contribution in [0, 0.1) is 5.41 Å². The number of aromatic hydroxyl groups is 1. The number of carbonyl (C=O) groups is 1. The Bertz CT molecular complexity index is 1780. The number of halogens is 3. The van der Waals surface area contributed by atoms with Crippen molar-refractivity contribution in [1.82, 2.24) is 15.0 Å². The molecule has 9 heteroatoms. The number of benzene rings is 3. The van der Waals surface area contributed by atoms with Gasteiger partial charge in [-0.1, -0.05) is 92.3 Å². The molecule has 1 unspecified atom stereocenters. The van der Waals surface area contributed by atoms with Crippen molar-refractivity contribution in [3.8, 4) is 11.4 Å². The van der Waals surface area contributed by atoms with Gasteiger partial charge in [-0.2, -0.15) is 13.2 Å². The molecule has 246 valence electrons. The van der Waals surface area contributed by atoms with Crippen LogP contribution in [0.15, 0.2) is 66.7 Å². The van der Waals surface area contributed by atoms with E-state index in [2.05, 4.69) is 51.4 Å². The average molecular weight is 636 g/mol. The van der Waals surface area contributed by atoms with E-state index in [1.165, 1.54) is 10.9 Å². The third-order valence-corrected chi connectivity index (χ3v) is 8.43. The lowest BCUT2D eigenvalue weighted by Crippen LogP contribution is -2.27. The maximum Gasteiger partial charge on any atom is 0.416 e. The van der Waals surface area contributed by atoms with E-state index < -0.39 is 23.1 Å². The first-order valence-corrected chi connectivity index (χ1v) is 15.4. The van der Waals surface area contributed by atoms with E-state index in [-0.39, 0.29) is 45.8 Å². The van der Waals surface area contributed by atoms with Crippen LogP contribution < -0.4 is 0 Å². The van der Waals surface area contributed by atoms with Gasteiger partial charge < -0.3 is 9.84 Å². The highest BCUT2D eigenvalue weighted by molar-refractivity contribution is 5.86. The summed E-state index contributed by atoms with van der Waals surface area (Å²) < 4.78 is 45.7. The molecule has 0 aliphatic rings. The standard InChI is InChI=1S/C37H44F3N3O3/c1-22(2)33(45)46-20-23(3)24-12-11-13-25(16-24)36(9,10)28-17-27(35(7,8)21-34(4,5)6)19-31(32(28)44)43-41-29-15-14-26(37(38,39)40)18-30(29)42-43/h11-19,23,44H,1,20-21H2,2-10H3. The molecule has 0 fully saturated rings. The van der Waals surface area contributed by atoms with Gasteiger partial charge in [-0.15, -0.1) is 15.0 Å². The predicted molar refractivity (Wildman–Crippen MR) is 175 cm³/mol. The van der Waals surface area contributed by atoms with Crippen LogP contribution in [0.4, 0.5) is 13.2 Å². The minimum atomic E-state index is -4.52. The molecule has 4 rings (SSSR count). The molecule has 0 radical (unpaired) electrons. The number of carbonyl (C=O) groups excluding carboxylic acids is 1. The van der Waals surface area contributed by atoms with E-state index in [0.29, 0.717) is 11.1 Å². The van der Waals surface area contributed by atoms with E-state index in [4.69, 9.17) is 4.74 Å². The minimum absolute atomic E-state index is 0.0120. The first kappa shape index (κ1) is 34.7. The number of hydrogen-bond donors (Lipinski definition) is 1. The lowest BCUT2D eigenvalue weighted by molar-refractivity contribution is -0.139. The predicted octanol–water partition coefficient (Wildman–Crippen LogP) is 9.41. The first-order chi connectivity index (χ1) is 21.1. The normalized spacial score (nSPS) is 13.6. The number of ether oxygens (including phenoxy) is 1. The summed E-state index contributed by atoms with van der Waals surface area (Å²) in [6, 6.07) is 15.0. The average Bonchev–Trinajstić information content (AvgIpc) is 3.37. The number of rotatable bonds is 9. The van der Waals surface area contributed by atoms with Gasteiger partial charge in [-0.05, 0) is 65.1 Å². The number of alkyl halides is 3.